The lowest BCUT2D eigenvalue weighted by Crippen LogP contribution is -2.28. The lowest BCUT2D eigenvalue weighted by molar-refractivity contribution is -0.119. The fourth-order valence-corrected chi connectivity index (χ4v) is 1.59. The van der Waals surface area contributed by atoms with E-state index in [0.717, 1.165) is 11.4 Å². The van der Waals surface area contributed by atoms with Crippen LogP contribution in [0.25, 0.3) is 0 Å². The Balaban J connectivity index is 2.58. The van der Waals surface area contributed by atoms with Crippen LogP contribution >= 0.6 is 0 Å². The predicted octanol–water partition coefficient (Wildman–Crippen LogP) is 2.08. The summed E-state index contributed by atoms with van der Waals surface area (Å²) >= 11 is 0. The van der Waals surface area contributed by atoms with Crippen molar-refractivity contribution in [3.63, 3.8) is 0 Å². The Morgan fingerprint density at radius 2 is 1.40 bits per heavy atom. The van der Waals surface area contributed by atoms with Crippen LogP contribution in [0, 0.1) is 11.8 Å². The summed E-state index contributed by atoms with van der Waals surface area (Å²) in [5, 5.41) is 8.61. The molecule has 1 unspecified atom stereocenters. The number of benzene rings is 1. The van der Waals surface area contributed by atoms with Gasteiger partial charge in [-0.05, 0) is 31.3 Å². The third-order valence-electron chi connectivity index (χ3n) is 2.90. The molecule has 0 aromatic heterocycles. The fourth-order valence-electron chi connectivity index (χ4n) is 1.59. The van der Waals surface area contributed by atoms with Crippen LogP contribution in [0.2, 0.25) is 0 Å². The van der Waals surface area contributed by atoms with Crippen molar-refractivity contribution >= 4 is 23.2 Å². The number of anilines is 2. The molecular weight excluding hydrogens is 254 g/mol. The molecule has 0 spiro atoms. The van der Waals surface area contributed by atoms with E-state index in [1.807, 2.05) is 27.8 Å². The molecule has 110 valence electrons. The van der Waals surface area contributed by atoms with E-state index in [1.165, 1.54) is 0 Å². The maximum absolute atomic E-state index is 11.8. The van der Waals surface area contributed by atoms with Crippen LogP contribution in [0.1, 0.15) is 20.8 Å². The van der Waals surface area contributed by atoms with Gasteiger partial charge in [-0.1, -0.05) is 20.8 Å². The second-order valence-corrected chi connectivity index (χ2v) is 5.17. The minimum atomic E-state index is -0.0969. The second-order valence-electron chi connectivity index (χ2n) is 5.17. The highest BCUT2D eigenvalue weighted by Crippen LogP contribution is 2.15. The first-order chi connectivity index (χ1) is 9.43. The summed E-state index contributed by atoms with van der Waals surface area (Å²) in [5.41, 5.74) is 1.45. The van der Waals surface area contributed by atoms with Gasteiger partial charge in [-0.3, -0.25) is 9.59 Å². The summed E-state index contributed by atoms with van der Waals surface area (Å²) in [6, 6.07) is 7.11. The van der Waals surface area contributed by atoms with E-state index in [4.69, 9.17) is 0 Å². The van der Waals surface area contributed by atoms with Crippen molar-refractivity contribution < 1.29 is 9.59 Å². The molecule has 0 bridgehead atoms. The van der Waals surface area contributed by atoms with Crippen molar-refractivity contribution in [1.29, 1.82) is 0 Å². The van der Waals surface area contributed by atoms with Crippen LogP contribution in [0.15, 0.2) is 24.3 Å². The Bertz CT molecular complexity index is 455. The topological polar surface area (TPSA) is 70.2 Å². The molecule has 0 saturated heterocycles. The van der Waals surface area contributed by atoms with Crippen molar-refractivity contribution in [2.75, 3.05) is 24.2 Å². The third-order valence-corrected chi connectivity index (χ3v) is 2.90. The zero-order valence-electron chi connectivity index (χ0n) is 12.5. The number of nitrogens with one attached hydrogen (secondary N) is 3. The quantitative estimate of drug-likeness (QED) is 0.745. The van der Waals surface area contributed by atoms with Crippen molar-refractivity contribution in [2.45, 2.75) is 20.8 Å². The summed E-state index contributed by atoms with van der Waals surface area (Å²) in [6.45, 7) is 6.18. The summed E-state index contributed by atoms with van der Waals surface area (Å²) in [5.74, 6) is -0.208. The van der Waals surface area contributed by atoms with E-state index in [-0.39, 0.29) is 23.7 Å². The molecule has 1 rings (SSSR count). The normalized spacial score (nSPS) is 12.1. The van der Waals surface area contributed by atoms with Gasteiger partial charge in [0.25, 0.3) is 0 Å². The van der Waals surface area contributed by atoms with Gasteiger partial charge in [0.15, 0.2) is 0 Å². The van der Waals surface area contributed by atoms with Gasteiger partial charge in [0, 0.05) is 29.8 Å². The van der Waals surface area contributed by atoms with E-state index < -0.39 is 0 Å². The SMILES string of the molecule is CNCC(C)C(=O)Nc1ccc(NC(=O)C(C)C)cc1. The smallest absolute Gasteiger partial charge is 0.228 e. The molecule has 5 nitrogen and oxygen atoms in total. The molecule has 3 N–H and O–H groups in total. The molecule has 20 heavy (non-hydrogen) atoms. The van der Waals surface area contributed by atoms with Gasteiger partial charge < -0.3 is 16.0 Å². The fraction of sp³-hybridized carbons (Fsp3) is 0.467. The number of carbonyl (C=O) groups is 2. The largest absolute Gasteiger partial charge is 0.326 e. The summed E-state index contributed by atoms with van der Waals surface area (Å²) in [7, 11) is 1.82. The number of hydrogen-bond acceptors (Lipinski definition) is 3. The van der Waals surface area contributed by atoms with Crippen LogP contribution in [0.3, 0.4) is 0 Å². The Hall–Kier alpha value is -1.88. The molecule has 0 heterocycles. The van der Waals surface area contributed by atoms with Crippen LogP contribution in [0.4, 0.5) is 11.4 Å². The highest BCUT2D eigenvalue weighted by atomic mass is 16.2. The number of rotatable bonds is 6. The average Bonchev–Trinajstić information content (AvgIpc) is 2.41. The zero-order chi connectivity index (χ0) is 15.1. The molecule has 0 radical (unpaired) electrons. The molecule has 5 heteroatoms. The molecule has 0 aliphatic rings. The molecule has 1 atom stereocenters. The van der Waals surface area contributed by atoms with Gasteiger partial charge in [0.2, 0.25) is 11.8 Å². The zero-order valence-corrected chi connectivity index (χ0v) is 12.5. The first-order valence-electron chi connectivity index (χ1n) is 6.80. The van der Waals surface area contributed by atoms with E-state index >= 15 is 0 Å². The standard InChI is InChI=1S/C15H23N3O2/c1-10(2)14(19)17-12-5-7-13(8-6-12)18-15(20)11(3)9-16-4/h5-8,10-11,16H,9H2,1-4H3,(H,17,19)(H,18,20). The van der Waals surface area contributed by atoms with Gasteiger partial charge >= 0.3 is 0 Å². The highest BCUT2D eigenvalue weighted by Gasteiger charge is 2.12. The molecule has 1 aromatic rings. The predicted molar refractivity (Wildman–Crippen MR) is 81.6 cm³/mol. The van der Waals surface area contributed by atoms with E-state index in [0.29, 0.717) is 6.54 Å². The Kier molecular flexibility index (Phi) is 6.18. The molecule has 1 aromatic carbocycles. The van der Waals surface area contributed by atoms with Gasteiger partial charge in [0.1, 0.15) is 0 Å². The minimum Gasteiger partial charge on any atom is -0.326 e. The van der Waals surface area contributed by atoms with Crippen LogP contribution in [-0.2, 0) is 9.59 Å². The number of carbonyl (C=O) groups excluding carboxylic acids is 2. The summed E-state index contributed by atoms with van der Waals surface area (Å²) < 4.78 is 0. The first-order valence-corrected chi connectivity index (χ1v) is 6.80. The van der Waals surface area contributed by atoms with Crippen molar-refractivity contribution in [3.8, 4) is 0 Å². The molecule has 0 aliphatic carbocycles. The maximum Gasteiger partial charge on any atom is 0.228 e. The van der Waals surface area contributed by atoms with Gasteiger partial charge in [-0.25, -0.2) is 0 Å². The van der Waals surface area contributed by atoms with Gasteiger partial charge in [-0.15, -0.1) is 0 Å². The summed E-state index contributed by atoms with van der Waals surface area (Å²) in [4.78, 5) is 23.4. The lowest BCUT2D eigenvalue weighted by Gasteiger charge is -2.12. The molecular formula is C15H23N3O2. The maximum atomic E-state index is 11.8. The Labute approximate surface area is 120 Å². The van der Waals surface area contributed by atoms with E-state index in [1.54, 1.807) is 24.3 Å². The van der Waals surface area contributed by atoms with Crippen molar-refractivity contribution in [2.24, 2.45) is 11.8 Å². The molecule has 2 amide bonds. The van der Waals surface area contributed by atoms with Gasteiger partial charge in [-0.2, -0.15) is 0 Å². The van der Waals surface area contributed by atoms with Crippen molar-refractivity contribution in [1.82, 2.24) is 5.32 Å². The molecule has 0 fully saturated rings. The number of hydrogen-bond donors (Lipinski definition) is 3. The van der Waals surface area contributed by atoms with E-state index in [2.05, 4.69) is 16.0 Å². The van der Waals surface area contributed by atoms with Crippen LogP contribution in [-0.4, -0.2) is 25.4 Å². The number of amides is 2. The minimum absolute atomic E-state index is 0.0237. The monoisotopic (exact) mass is 277 g/mol. The highest BCUT2D eigenvalue weighted by molar-refractivity contribution is 5.94. The Morgan fingerprint density at radius 1 is 0.950 bits per heavy atom. The Morgan fingerprint density at radius 3 is 1.80 bits per heavy atom. The summed E-state index contributed by atoms with van der Waals surface area (Å²) in [6.07, 6.45) is 0. The second kappa shape index (κ2) is 7.65. The van der Waals surface area contributed by atoms with Crippen LogP contribution < -0.4 is 16.0 Å². The first kappa shape index (κ1) is 16.2. The average molecular weight is 277 g/mol. The van der Waals surface area contributed by atoms with E-state index in [9.17, 15) is 9.59 Å². The van der Waals surface area contributed by atoms with Crippen LogP contribution in [0.5, 0.6) is 0 Å². The molecule has 0 aliphatic heterocycles. The van der Waals surface area contributed by atoms with Gasteiger partial charge in [0.05, 0.1) is 0 Å². The molecule has 0 saturated carbocycles. The van der Waals surface area contributed by atoms with Crippen molar-refractivity contribution in [3.05, 3.63) is 24.3 Å². The third kappa shape index (κ3) is 5.01. The lowest BCUT2D eigenvalue weighted by atomic mass is 10.1.